The Morgan fingerprint density at radius 3 is 2.62 bits per heavy atom. The monoisotopic (exact) mass is 291 g/mol. The van der Waals surface area contributed by atoms with Crippen LogP contribution in [-0.4, -0.2) is 6.54 Å². The number of benzene rings is 1. The molecule has 1 aromatic rings. The molecule has 1 aliphatic rings. The molecule has 0 heterocycles. The molecule has 0 saturated heterocycles. The van der Waals surface area contributed by atoms with Gasteiger partial charge < -0.3 is 5.32 Å². The van der Waals surface area contributed by atoms with Crippen LogP contribution in [0.2, 0.25) is 0 Å². The Labute approximate surface area is 129 Å². The molecule has 1 aromatic carbocycles. The van der Waals surface area contributed by atoms with Crippen LogP contribution in [0.15, 0.2) is 18.2 Å². The molecule has 0 radical (unpaired) electrons. The van der Waals surface area contributed by atoms with Crippen molar-refractivity contribution in [2.75, 3.05) is 6.54 Å². The van der Waals surface area contributed by atoms with Crippen LogP contribution in [0.4, 0.5) is 4.39 Å². The Hall–Kier alpha value is -0.890. The first-order valence-corrected chi connectivity index (χ1v) is 8.52. The summed E-state index contributed by atoms with van der Waals surface area (Å²) in [5.41, 5.74) is 1.86. The maximum atomic E-state index is 13.9. The molecule has 1 fully saturated rings. The molecule has 1 saturated carbocycles. The van der Waals surface area contributed by atoms with Gasteiger partial charge in [0.2, 0.25) is 0 Å². The first-order valence-electron chi connectivity index (χ1n) is 8.52. The molecule has 118 valence electrons. The van der Waals surface area contributed by atoms with E-state index in [1.165, 1.54) is 19.3 Å². The standard InChI is InChI=1S/C19H30FN/c1-5-10-21-19(16-8-6-13(2)15(4)11-16)17-9-7-14(3)18(20)12-17/h7,9,12-13,15-16,19,21H,5-6,8,10-11H2,1-4H3. The maximum absolute atomic E-state index is 13.9. The van der Waals surface area contributed by atoms with Crippen molar-refractivity contribution in [3.05, 3.63) is 35.1 Å². The number of rotatable bonds is 5. The Morgan fingerprint density at radius 2 is 2.00 bits per heavy atom. The summed E-state index contributed by atoms with van der Waals surface area (Å²) >= 11 is 0. The number of nitrogens with one attached hydrogen (secondary N) is 1. The molecule has 0 bridgehead atoms. The minimum Gasteiger partial charge on any atom is -0.310 e. The third-order valence-electron chi connectivity index (χ3n) is 5.28. The van der Waals surface area contributed by atoms with Gasteiger partial charge in [-0.1, -0.05) is 39.3 Å². The molecule has 2 rings (SSSR count). The van der Waals surface area contributed by atoms with Crippen molar-refractivity contribution < 1.29 is 4.39 Å². The zero-order chi connectivity index (χ0) is 15.4. The van der Waals surface area contributed by atoms with Crippen molar-refractivity contribution in [3.8, 4) is 0 Å². The first-order chi connectivity index (χ1) is 10.0. The van der Waals surface area contributed by atoms with E-state index < -0.39 is 0 Å². The zero-order valence-corrected chi connectivity index (χ0v) is 14.0. The first kappa shape index (κ1) is 16.5. The van der Waals surface area contributed by atoms with Crippen molar-refractivity contribution in [2.45, 2.75) is 59.4 Å². The van der Waals surface area contributed by atoms with Crippen molar-refractivity contribution in [1.82, 2.24) is 5.32 Å². The minimum atomic E-state index is -0.0759. The van der Waals surface area contributed by atoms with E-state index in [0.717, 1.165) is 35.9 Å². The predicted octanol–water partition coefficient (Wildman–Crippen LogP) is 5.25. The Morgan fingerprint density at radius 1 is 1.24 bits per heavy atom. The lowest BCUT2D eigenvalue weighted by Crippen LogP contribution is -2.33. The van der Waals surface area contributed by atoms with Crippen LogP contribution in [0.5, 0.6) is 0 Å². The SMILES string of the molecule is CCCNC(c1ccc(C)c(F)c1)C1CCC(C)C(C)C1. The minimum absolute atomic E-state index is 0.0759. The summed E-state index contributed by atoms with van der Waals surface area (Å²) in [7, 11) is 0. The lowest BCUT2D eigenvalue weighted by molar-refractivity contribution is 0.171. The summed E-state index contributed by atoms with van der Waals surface area (Å²) in [6.07, 6.45) is 4.91. The van der Waals surface area contributed by atoms with Crippen molar-refractivity contribution in [2.24, 2.45) is 17.8 Å². The molecule has 0 amide bonds. The molecule has 0 aromatic heterocycles. The van der Waals surface area contributed by atoms with Gasteiger partial charge >= 0.3 is 0 Å². The van der Waals surface area contributed by atoms with E-state index in [4.69, 9.17) is 0 Å². The highest BCUT2D eigenvalue weighted by Gasteiger charge is 2.30. The number of aryl methyl sites for hydroxylation is 1. The summed E-state index contributed by atoms with van der Waals surface area (Å²) in [6.45, 7) is 9.74. The highest BCUT2D eigenvalue weighted by atomic mass is 19.1. The van der Waals surface area contributed by atoms with Crippen molar-refractivity contribution >= 4 is 0 Å². The fourth-order valence-corrected chi connectivity index (χ4v) is 3.55. The highest BCUT2D eigenvalue weighted by molar-refractivity contribution is 5.26. The van der Waals surface area contributed by atoms with E-state index in [1.54, 1.807) is 6.07 Å². The lowest BCUT2D eigenvalue weighted by atomic mass is 9.72. The molecular formula is C19H30FN. The molecule has 1 N–H and O–H groups in total. The molecular weight excluding hydrogens is 261 g/mol. The second-order valence-corrected chi connectivity index (χ2v) is 6.97. The summed E-state index contributed by atoms with van der Waals surface area (Å²) in [6, 6.07) is 6.06. The fraction of sp³-hybridized carbons (Fsp3) is 0.684. The van der Waals surface area contributed by atoms with Gasteiger partial charge in [-0.05, 0) is 67.7 Å². The van der Waals surface area contributed by atoms with Gasteiger partial charge in [-0.3, -0.25) is 0 Å². The van der Waals surface area contributed by atoms with Gasteiger partial charge in [0.15, 0.2) is 0 Å². The van der Waals surface area contributed by atoms with E-state index in [-0.39, 0.29) is 5.82 Å². The van der Waals surface area contributed by atoms with Gasteiger partial charge in [-0.15, -0.1) is 0 Å². The smallest absolute Gasteiger partial charge is 0.126 e. The molecule has 1 aliphatic carbocycles. The van der Waals surface area contributed by atoms with Crippen molar-refractivity contribution in [3.63, 3.8) is 0 Å². The largest absolute Gasteiger partial charge is 0.310 e. The molecule has 0 aliphatic heterocycles. The summed E-state index contributed by atoms with van der Waals surface area (Å²) in [4.78, 5) is 0. The topological polar surface area (TPSA) is 12.0 Å². The van der Waals surface area contributed by atoms with Gasteiger partial charge in [0, 0.05) is 6.04 Å². The van der Waals surface area contributed by atoms with Crippen LogP contribution in [0.3, 0.4) is 0 Å². The Balaban J connectivity index is 2.19. The van der Waals surface area contributed by atoms with E-state index in [1.807, 2.05) is 13.0 Å². The molecule has 1 nitrogen and oxygen atoms in total. The molecule has 21 heavy (non-hydrogen) atoms. The average molecular weight is 291 g/mol. The summed E-state index contributed by atoms with van der Waals surface area (Å²) in [5, 5.41) is 3.67. The van der Waals surface area contributed by atoms with E-state index in [0.29, 0.717) is 12.0 Å². The van der Waals surface area contributed by atoms with Gasteiger partial charge in [-0.25, -0.2) is 4.39 Å². The quantitative estimate of drug-likeness (QED) is 0.781. The third kappa shape index (κ3) is 4.06. The molecule has 4 atom stereocenters. The Bertz CT molecular complexity index is 457. The van der Waals surface area contributed by atoms with Crippen LogP contribution >= 0.6 is 0 Å². The fourth-order valence-electron chi connectivity index (χ4n) is 3.55. The molecule has 4 unspecified atom stereocenters. The second-order valence-electron chi connectivity index (χ2n) is 6.97. The molecule has 2 heteroatoms. The Kier molecular flexibility index (Phi) is 5.80. The third-order valence-corrected chi connectivity index (χ3v) is 5.28. The average Bonchev–Trinajstić information content (AvgIpc) is 2.46. The van der Waals surface area contributed by atoms with Crippen LogP contribution in [-0.2, 0) is 0 Å². The van der Waals surface area contributed by atoms with Gasteiger partial charge in [0.25, 0.3) is 0 Å². The van der Waals surface area contributed by atoms with Crippen LogP contribution in [0.25, 0.3) is 0 Å². The van der Waals surface area contributed by atoms with Gasteiger partial charge in [-0.2, -0.15) is 0 Å². The van der Waals surface area contributed by atoms with Crippen LogP contribution < -0.4 is 5.32 Å². The summed E-state index contributed by atoms with van der Waals surface area (Å²) < 4.78 is 13.9. The van der Waals surface area contributed by atoms with E-state index >= 15 is 0 Å². The van der Waals surface area contributed by atoms with E-state index in [2.05, 4.69) is 32.2 Å². The lowest BCUT2D eigenvalue weighted by Gasteiger charge is -2.37. The molecule has 0 spiro atoms. The van der Waals surface area contributed by atoms with Crippen LogP contribution in [0.1, 0.15) is 63.6 Å². The normalized spacial score (nSPS) is 27.6. The van der Waals surface area contributed by atoms with Gasteiger partial charge in [0.05, 0.1) is 0 Å². The van der Waals surface area contributed by atoms with E-state index in [9.17, 15) is 4.39 Å². The summed E-state index contributed by atoms with van der Waals surface area (Å²) in [5.74, 6) is 2.14. The van der Waals surface area contributed by atoms with Gasteiger partial charge in [0.1, 0.15) is 5.82 Å². The second kappa shape index (κ2) is 7.40. The number of hydrogen-bond donors (Lipinski definition) is 1. The predicted molar refractivity (Wildman–Crippen MR) is 87.8 cm³/mol. The van der Waals surface area contributed by atoms with Crippen LogP contribution in [0, 0.1) is 30.5 Å². The van der Waals surface area contributed by atoms with Crippen molar-refractivity contribution in [1.29, 1.82) is 0 Å². The maximum Gasteiger partial charge on any atom is 0.126 e. The number of halogens is 1. The zero-order valence-electron chi connectivity index (χ0n) is 14.0. The number of hydrogen-bond acceptors (Lipinski definition) is 1. The highest BCUT2D eigenvalue weighted by Crippen LogP contribution is 2.40.